The van der Waals surface area contributed by atoms with Crippen molar-refractivity contribution in [2.24, 2.45) is 14.1 Å². The second kappa shape index (κ2) is 25.8. The molecule has 0 aliphatic carbocycles. The van der Waals surface area contributed by atoms with E-state index in [9.17, 15) is 32.8 Å². The highest BCUT2D eigenvalue weighted by Crippen LogP contribution is 2.35. The third-order valence-corrected chi connectivity index (χ3v) is 14.1. The molecule has 2 atom stereocenters. The number of hydrogen-bond donors (Lipinski definition) is 3. The van der Waals surface area contributed by atoms with Crippen LogP contribution in [-0.2, 0) is 79.6 Å². The van der Waals surface area contributed by atoms with Crippen LogP contribution in [0.4, 0.5) is 30.2 Å². The van der Waals surface area contributed by atoms with Crippen LogP contribution in [-0.4, -0.2) is 69.6 Å². The van der Waals surface area contributed by atoms with Crippen molar-refractivity contribution in [3.63, 3.8) is 0 Å². The molecule has 4 aromatic heterocycles. The van der Waals surface area contributed by atoms with Gasteiger partial charge in [0.05, 0.1) is 28.7 Å². The zero-order chi connectivity index (χ0) is 55.7. The number of ether oxygens (including phenoxy) is 2. The number of benzene rings is 3. The second-order valence-corrected chi connectivity index (χ2v) is 19.9. The summed E-state index contributed by atoms with van der Waals surface area (Å²) in [5, 5.41) is 24.2. The van der Waals surface area contributed by atoms with Crippen LogP contribution in [0.3, 0.4) is 0 Å². The van der Waals surface area contributed by atoms with E-state index in [1.807, 2.05) is 0 Å². The SMILES string of the molecule is C[C@@H](OC(=O)Cc1c(-c2ccc3c(c2F)CCC(=O)N3)nnn1C)c1cccnc1Cl.C[C@@H](OC(=O)Cc1c(Br)nnn1C)c1cccnc1Cl.Cc1ccc2c(c1F)CCC(=O)N2.O=C1CCc2c(ccc(Br)c2F)N1. The molecule has 0 saturated carbocycles. The summed E-state index contributed by atoms with van der Waals surface area (Å²) in [4.78, 5) is 66.0. The largest absolute Gasteiger partial charge is 0.457 e. The van der Waals surface area contributed by atoms with E-state index in [1.165, 1.54) is 15.4 Å². The van der Waals surface area contributed by atoms with Gasteiger partial charge in [-0.15, -0.1) is 10.2 Å². The summed E-state index contributed by atoms with van der Waals surface area (Å²) in [5.41, 5.74) is 6.74. The van der Waals surface area contributed by atoms with Crippen LogP contribution >= 0.6 is 55.1 Å². The fourth-order valence-corrected chi connectivity index (χ4v) is 9.56. The Morgan fingerprint density at radius 1 is 0.623 bits per heavy atom. The third-order valence-electron chi connectivity index (χ3n) is 12.3. The van der Waals surface area contributed by atoms with Crippen molar-refractivity contribution < 1.29 is 46.6 Å². The van der Waals surface area contributed by atoms with Crippen LogP contribution < -0.4 is 16.0 Å². The number of carbonyl (C=O) groups is 5. The average molecular weight is 1230 g/mol. The maximum absolute atomic E-state index is 15.2. The predicted molar refractivity (Wildman–Crippen MR) is 286 cm³/mol. The monoisotopic (exact) mass is 1220 g/mol. The molecular formula is C52H48Br2Cl2F3N11O7. The number of halogens is 7. The predicted octanol–water partition coefficient (Wildman–Crippen LogP) is 10.4. The Balaban J connectivity index is 0.000000160. The Morgan fingerprint density at radius 2 is 1.06 bits per heavy atom. The highest BCUT2D eigenvalue weighted by molar-refractivity contribution is 9.10. The first kappa shape index (κ1) is 57.6. The summed E-state index contributed by atoms with van der Waals surface area (Å²) in [6.07, 6.45) is 4.20. The van der Waals surface area contributed by atoms with E-state index in [2.05, 4.69) is 78.4 Å². The van der Waals surface area contributed by atoms with E-state index in [1.54, 1.807) is 102 Å². The first-order valence-corrected chi connectivity index (χ1v) is 26.0. The van der Waals surface area contributed by atoms with Crippen molar-refractivity contribution in [2.75, 3.05) is 16.0 Å². The lowest BCUT2D eigenvalue weighted by Gasteiger charge is -2.19. The average Bonchev–Trinajstić information content (AvgIpc) is 3.97. The van der Waals surface area contributed by atoms with E-state index < -0.39 is 24.0 Å². The fraction of sp³-hybridized carbons (Fsp3) is 0.288. The number of carbonyl (C=O) groups excluding carboxylic acids is 5. The minimum atomic E-state index is -0.609. The van der Waals surface area contributed by atoms with Crippen LogP contribution in [0.2, 0.25) is 10.3 Å². The lowest BCUT2D eigenvalue weighted by Crippen LogP contribution is -2.20. The summed E-state index contributed by atoms with van der Waals surface area (Å²) < 4.78 is 56.8. The molecule has 0 bridgehead atoms. The van der Waals surface area contributed by atoms with E-state index in [4.69, 9.17) is 32.7 Å². The molecule has 7 heterocycles. The molecule has 77 heavy (non-hydrogen) atoms. The number of aromatic nitrogens is 8. The van der Waals surface area contributed by atoms with Gasteiger partial charge in [-0.25, -0.2) is 23.1 Å². The Hall–Kier alpha value is -7.08. The third kappa shape index (κ3) is 14.3. The van der Waals surface area contributed by atoms with Crippen molar-refractivity contribution >= 4 is 102 Å². The Labute approximate surface area is 466 Å². The van der Waals surface area contributed by atoms with Crippen LogP contribution in [0.25, 0.3) is 11.3 Å². The van der Waals surface area contributed by atoms with Crippen molar-refractivity contribution in [2.45, 2.75) is 84.3 Å². The van der Waals surface area contributed by atoms with Crippen LogP contribution in [0.1, 0.15) is 90.1 Å². The zero-order valence-corrected chi connectivity index (χ0v) is 46.5. The van der Waals surface area contributed by atoms with Crippen LogP contribution in [0.5, 0.6) is 0 Å². The van der Waals surface area contributed by atoms with Gasteiger partial charge in [0.1, 0.15) is 45.7 Å². The summed E-state index contributed by atoms with van der Waals surface area (Å²) in [5.74, 6) is -2.08. The number of esters is 2. The van der Waals surface area contributed by atoms with E-state index >= 15 is 4.39 Å². The molecule has 10 rings (SSSR count). The van der Waals surface area contributed by atoms with Gasteiger partial charge in [-0.3, -0.25) is 33.3 Å². The molecule has 7 aromatic rings. The standard InChI is InChI=1S/C21H19ClFN5O3.C12H12BrClN4O2.C10H10FNO.C9H7BrFNO/c1-11(12-4-3-9-24-21(12)22)31-18(30)10-16-20(26-27-28(16)2)14-5-7-15-13(19(14)23)6-8-17(29)25-15;1-7(8-4-3-5-15-12(8)14)20-10(19)6-9-11(13)16-17-18(9)2;1-6-2-4-8-7(10(6)11)3-5-9(13)12-8;10-6-2-3-7-5(9(6)11)1-4-8(13)12-7/h3-5,7,9,11H,6,8,10H2,1-2H3,(H,25,29);3-5,7H,6H2,1-2H3;2,4H,3,5H2,1H3,(H,12,13);2-3H,1,4H2,(H,12,13)/t11-;7-;;/m11../s1. The summed E-state index contributed by atoms with van der Waals surface area (Å²) in [7, 11) is 3.33. The Kier molecular flexibility index (Phi) is 19.3. The van der Waals surface area contributed by atoms with E-state index in [0.717, 1.165) is 0 Å². The molecule has 3 N–H and O–H groups in total. The summed E-state index contributed by atoms with van der Waals surface area (Å²) in [6, 6.07) is 16.8. The molecule has 18 nitrogen and oxygen atoms in total. The zero-order valence-electron chi connectivity index (χ0n) is 41.8. The highest BCUT2D eigenvalue weighted by atomic mass is 79.9. The molecule has 3 aliphatic rings. The molecule has 402 valence electrons. The minimum Gasteiger partial charge on any atom is -0.457 e. The number of amides is 3. The van der Waals surface area contributed by atoms with Crippen LogP contribution in [0.15, 0.2) is 82.1 Å². The molecule has 3 aliphatic heterocycles. The summed E-state index contributed by atoms with van der Waals surface area (Å²) in [6.45, 7) is 5.17. The van der Waals surface area contributed by atoms with Gasteiger partial charge in [0.2, 0.25) is 17.7 Å². The molecule has 0 radical (unpaired) electrons. The van der Waals surface area contributed by atoms with Crippen LogP contribution in [0, 0.1) is 24.4 Å². The van der Waals surface area contributed by atoms with Crippen molar-refractivity contribution in [1.82, 2.24) is 40.0 Å². The second-order valence-electron chi connectivity index (χ2n) is 17.6. The van der Waals surface area contributed by atoms with Crippen molar-refractivity contribution in [3.8, 4) is 11.3 Å². The number of nitrogens with zero attached hydrogens (tertiary/aromatic N) is 8. The van der Waals surface area contributed by atoms with Gasteiger partial charge in [-0.05, 0) is 120 Å². The van der Waals surface area contributed by atoms with Gasteiger partial charge >= 0.3 is 11.9 Å². The topological polar surface area (TPSA) is 227 Å². The number of pyridine rings is 2. The quantitative estimate of drug-likeness (QED) is 0.0904. The number of rotatable bonds is 9. The first-order valence-electron chi connectivity index (χ1n) is 23.7. The highest BCUT2D eigenvalue weighted by Gasteiger charge is 2.27. The lowest BCUT2D eigenvalue weighted by molar-refractivity contribution is -0.148. The number of fused-ring (bicyclic) bond motifs is 3. The summed E-state index contributed by atoms with van der Waals surface area (Å²) >= 11 is 18.4. The van der Waals surface area contributed by atoms with Crippen molar-refractivity contribution in [1.29, 1.82) is 0 Å². The molecule has 0 fully saturated rings. The Morgan fingerprint density at radius 3 is 1.56 bits per heavy atom. The number of hydrogen-bond acceptors (Lipinski definition) is 13. The molecular weight excluding hydrogens is 1180 g/mol. The maximum atomic E-state index is 15.2. The minimum absolute atomic E-state index is 0.0317. The number of anilines is 3. The Bertz CT molecular complexity index is 3310. The van der Waals surface area contributed by atoms with Gasteiger partial charge in [0.15, 0.2) is 4.60 Å². The molecule has 3 amide bonds. The molecule has 0 saturated heterocycles. The number of aryl methyl sites for hydroxylation is 3. The molecule has 0 spiro atoms. The van der Waals surface area contributed by atoms with Gasteiger partial charge in [0, 0.05) is 96.2 Å². The van der Waals surface area contributed by atoms with Gasteiger partial charge in [-0.1, -0.05) is 51.8 Å². The maximum Gasteiger partial charge on any atom is 0.312 e. The van der Waals surface area contributed by atoms with Gasteiger partial charge in [-0.2, -0.15) is 0 Å². The molecule has 0 unspecified atom stereocenters. The van der Waals surface area contributed by atoms with Crippen molar-refractivity contribution in [3.05, 3.63) is 155 Å². The van der Waals surface area contributed by atoms with E-state index in [-0.39, 0.29) is 71.0 Å². The molecule has 25 heteroatoms. The molecule has 3 aromatic carbocycles. The first-order chi connectivity index (χ1) is 36.7. The van der Waals surface area contributed by atoms with Gasteiger partial charge < -0.3 is 25.4 Å². The number of nitrogens with one attached hydrogen (secondary N) is 3. The smallest absolute Gasteiger partial charge is 0.312 e. The van der Waals surface area contributed by atoms with E-state index in [0.29, 0.717) is 108 Å². The van der Waals surface area contributed by atoms with Gasteiger partial charge in [0.25, 0.3) is 0 Å². The lowest BCUT2D eigenvalue weighted by atomic mass is 9.97. The fourth-order valence-electron chi connectivity index (χ4n) is 8.18. The normalized spacial score (nSPS) is 13.9.